The summed E-state index contributed by atoms with van der Waals surface area (Å²) in [5.74, 6) is -0.972. The number of aromatic nitrogens is 1. The third kappa shape index (κ3) is 11.3. The van der Waals surface area contributed by atoms with Gasteiger partial charge in [0.25, 0.3) is 0 Å². The van der Waals surface area contributed by atoms with Gasteiger partial charge in [0.2, 0.25) is 10.0 Å². The number of carbonyl (C=O) groups is 1. The number of unbranched alkanes of at least 4 members (excludes halogenated alkanes) is 2. The van der Waals surface area contributed by atoms with Gasteiger partial charge in [-0.1, -0.05) is 37.9 Å². The van der Waals surface area contributed by atoms with E-state index in [1.54, 1.807) is 24.5 Å². The van der Waals surface area contributed by atoms with Crippen LogP contribution in [-0.4, -0.2) is 43.4 Å². The monoisotopic (exact) mass is 503 g/mol. The van der Waals surface area contributed by atoms with Gasteiger partial charge in [0.05, 0.1) is 4.90 Å². The molecule has 0 aliphatic rings. The molecule has 0 aliphatic carbocycles. The van der Waals surface area contributed by atoms with Crippen molar-refractivity contribution in [3.8, 4) is 0 Å². The number of nitrogens with zero attached hydrogens (tertiary/aromatic N) is 2. The second-order valence-electron chi connectivity index (χ2n) is 8.20. The maximum absolute atomic E-state index is 12.9. The van der Waals surface area contributed by atoms with Crippen LogP contribution in [0.2, 0.25) is 5.02 Å². The van der Waals surface area contributed by atoms with Gasteiger partial charge in [-0.3, -0.25) is 9.88 Å². The van der Waals surface area contributed by atoms with Crippen molar-refractivity contribution >= 4 is 27.6 Å². The van der Waals surface area contributed by atoms with Crippen molar-refractivity contribution in [2.75, 3.05) is 13.1 Å². The number of carboxylic acids is 1. The quantitative estimate of drug-likeness (QED) is 0.284. The number of benzene rings is 1. The van der Waals surface area contributed by atoms with Crippen molar-refractivity contribution in [2.24, 2.45) is 5.92 Å². The van der Waals surface area contributed by atoms with Crippen molar-refractivity contribution in [1.29, 1.82) is 0 Å². The van der Waals surface area contributed by atoms with E-state index in [0.29, 0.717) is 31.1 Å². The van der Waals surface area contributed by atoms with E-state index in [0.717, 1.165) is 18.4 Å². The standard InChI is InChI=1S/C23H32ClN3O4S.Na/c1-18(2)22(26-32(30,31)21-11-9-20(24)10-12-21)17-27(14-5-3-4-8-23(28)29)16-19-7-6-13-25-15-19;/h6-7,9-13,15,18,22,26H,3-5,8,14,16-17H2,1-2H3,(H,28,29);/q;+1/p-1/t22-;/m1./s1. The van der Waals surface area contributed by atoms with Crippen LogP contribution in [-0.2, 0) is 21.4 Å². The number of hydrogen-bond acceptors (Lipinski definition) is 6. The van der Waals surface area contributed by atoms with Gasteiger partial charge in [-0.05, 0) is 67.6 Å². The van der Waals surface area contributed by atoms with E-state index >= 15 is 0 Å². The maximum atomic E-state index is 12.9. The number of halogens is 1. The molecule has 0 radical (unpaired) electrons. The molecule has 0 aliphatic heterocycles. The minimum atomic E-state index is -3.70. The predicted octanol–water partition coefficient (Wildman–Crippen LogP) is -0.146. The Morgan fingerprint density at radius 1 is 1.15 bits per heavy atom. The number of carboxylic acid groups (broad SMARTS) is 1. The third-order valence-electron chi connectivity index (χ3n) is 5.17. The molecule has 0 unspecified atom stereocenters. The zero-order chi connectivity index (χ0) is 23.6. The van der Waals surface area contributed by atoms with Crippen LogP contribution in [0, 0.1) is 5.92 Å². The minimum absolute atomic E-state index is 0. The van der Waals surface area contributed by atoms with Crippen LogP contribution in [0.1, 0.15) is 45.1 Å². The topological polar surface area (TPSA) is 102 Å². The van der Waals surface area contributed by atoms with E-state index in [9.17, 15) is 18.3 Å². The molecule has 0 bridgehead atoms. The molecule has 10 heteroatoms. The fourth-order valence-corrected chi connectivity index (χ4v) is 4.81. The van der Waals surface area contributed by atoms with Crippen LogP contribution in [0.3, 0.4) is 0 Å². The summed E-state index contributed by atoms with van der Waals surface area (Å²) in [5.41, 5.74) is 1.03. The number of pyridine rings is 1. The van der Waals surface area contributed by atoms with Gasteiger partial charge in [0, 0.05) is 42.5 Å². The van der Waals surface area contributed by atoms with E-state index in [4.69, 9.17) is 11.6 Å². The Labute approximate surface area is 224 Å². The first-order chi connectivity index (χ1) is 15.2. The molecule has 1 N–H and O–H groups in total. The van der Waals surface area contributed by atoms with Gasteiger partial charge in [-0.25, -0.2) is 13.1 Å². The van der Waals surface area contributed by atoms with Crippen molar-refractivity contribution in [3.63, 3.8) is 0 Å². The summed E-state index contributed by atoms with van der Waals surface area (Å²) < 4.78 is 28.7. The summed E-state index contributed by atoms with van der Waals surface area (Å²) in [6, 6.07) is 9.65. The van der Waals surface area contributed by atoms with Crippen LogP contribution in [0.25, 0.3) is 0 Å². The molecule has 7 nitrogen and oxygen atoms in total. The van der Waals surface area contributed by atoms with Crippen molar-refractivity contribution in [2.45, 2.75) is 57.0 Å². The van der Waals surface area contributed by atoms with Gasteiger partial charge in [0.15, 0.2) is 0 Å². The Hall–Kier alpha value is -1.000. The van der Waals surface area contributed by atoms with Crippen molar-refractivity contribution in [1.82, 2.24) is 14.6 Å². The SMILES string of the molecule is CC(C)[C@@H](CN(CCCCCC(=O)[O-])Cc1cccnc1)NS(=O)(=O)c1ccc(Cl)cc1.[Na+]. The number of hydrogen-bond donors (Lipinski definition) is 1. The molecule has 2 rings (SSSR count). The summed E-state index contributed by atoms with van der Waals surface area (Å²) in [5, 5.41) is 11.1. The van der Waals surface area contributed by atoms with E-state index in [2.05, 4.69) is 14.6 Å². The number of rotatable bonds is 14. The third-order valence-corrected chi connectivity index (χ3v) is 6.93. The molecule has 33 heavy (non-hydrogen) atoms. The van der Waals surface area contributed by atoms with Gasteiger partial charge in [0.1, 0.15) is 0 Å². The molecule has 0 spiro atoms. The zero-order valence-corrected chi connectivity index (χ0v) is 23.1. The number of aliphatic carboxylic acids is 1. The summed E-state index contributed by atoms with van der Waals surface area (Å²) in [4.78, 5) is 17.2. The summed E-state index contributed by atoms with van der Waals surface area (Å²) in [6.07, 6.45) is 5.71. The smallest absolute Gasteiger partial charge is 0.550 e. The van der Waals surface area contributed by atoms with Crippen LogP contribution in [0.15, 0.2) is 53.7 Å². The van der Waals surface area contributed by atoms with Gasteiger partial charge >= 0.3 is 29.6 Å². The Kier molecular flexibility index (Phi) is 13.7. The molecule has 1 atom stereocenters. The minimum Gasteiger partial charge on any atom is -0.550 e. The molecule has 2 aromatic rings. The second kappa shape index (κ2) is 15.1. The van der Waals surface area contributed by atoms with Crippen LogP contribution >= 0.6 is 11.6 Å². The Bertz CT molecular complexity index is 944. The van der Waals surface area contributed by atoms with Crippen molar-refractivity contribution in [3.05, 3.63) is 59.4 Å². The van der Waals surface area contributed by atoms with Crippen LogP contribution < -0.4 is 39.4 Å². The second-order valence-corrected chi connectivity index (χ2v) is 10.4. The van der Waals surface area contributed by atoms with E-state index in [-0.39, 0.29) is 52.8 Å². The molecule has 1 aromatic heterocycles. The maximum Gasteiger partial charge on any atom is 1.00 e. The Morgan fingerprint density at radius 3 is 2.42 bits per heavy atom. The molecule has 0 fully saturated rings. The van der Waals surface area contributed by atoms with Crippen LogP contribution in [0.5, 0.6) is 0 Å². The molecular weight excluding hydrogens is 473 g/mol. The van der Waals surface area contributed by atoms with Crippen molar-refractivity contribution < 1.29 is 47.9 Å². The molecule has 0 saturated heterocycles. The summed E-state index contributed by atoms with van der Waals surface area (Å²) in [7, 11) is -3.70. The molecule has 1 heterocycles. The summed E-state index contributed by atoms with van der Waals surface area (Å²) >= 11 is 5.89. The first-order valence-electron chi connectivity index (χ1n) is 10.8. The average molecular weight is 504 g/mol. The van der Waals surface area contributed by atoms with E-state index < -0.39 is 16.0 Å². The predicted molar refractivity (Wildman–Crippen MR) is 123 cm³/mol. The normalized spacial score (nSPS) is 12.5. The molecule has 0 saturated carbocycles. The number of nitrogens with one attached hydrogen (secondary N) is 1. The van der Waals surface area contributed by atoms with Gasteiger partial charge in [-0.2, -0.15) is 0 Å². The fourth-order valence-electron chi connectivity index (χ4n) is 3.31. The Balaban J connectivity index is 0.00000544. The van der Waals surface area contributed by atoms with Crippen LogP contribution in [0.4, 0.5) is 0 Å². The molecule has 1 aromatic carbocycles. The summed E-state index contributed by atoms with van der Waals surface area (Å²) in [6.45, 7) is 5.82. The number of sulfonamides is 1. The first kappa shape index (κ1) is 30.0. The van der Waals surface area contributed by atoms with Gasteiger partial charge in [-0.15, -0.1) is 0 Å². The zero-order valence-electron chi connectivity index (χ0n) is 19.5. The largest absolute Gasteiger partial charge is 1.00 e. The van der Waals surface area contributed by atoms with E-state index in [1.165, 1.54) is 12.1 Å². The van der Waals surface area contributed by atoms with Gasteiger partial charge < -0.3 is 9.90 Å². The molecule has 176 valence electrons. The number of carbonyl (C=O) groups excluding carboxylic acids is 1. The molecular formula is C23H31ClN3NaO4S. The fraction of sp³-hybridized carbons (Fsp3) is 0.478. The molecule has 0 amide bonds. The Morgan fingerprint density at radius 2 is 1.85 bits per heavy atom. The van der Waals surface area contributed by atoms with E-state index in [1.807, 2.05) is 26.0 Å². The first-order valence-corrected chi connectivity index (χ1v) is 12.6. The average Bonchev–Trinajstić information content (AvgIpc) is 2.73.